The summed E-state index contributed by atoms with van der Waals surface area (Å²) in [5, 5.41) is 2.02. The number of benzene rings is 1. The van der Waals surface area contributed by atoms with Gasteiger partial charge in [0.1, 0.15) is 0 Å². The van der Waals surface area contributed by atoms with Crippen LogP contribution in [0.15, 0.2) is 41.8 Å². The van der Waals surface area contributed by atoms with E-state index in [2.05, 4.69) is 6.92 Å². The molecule has 2 aromatic rings. The maximum atomic E-state index is 12.3. The summed E-state index contributed by atoms with van der Waals surface area (Å²) in [4.78, 5) is 13.5. The molecule has 0 bridgehead atoms. The standard InChI is InChI=1S/C15H16OS/c1-2-3-9-14-13(10-11-17-14)15(16)12-7-5-4-6-8-12/h4-8,10-11H,2-3,9H2,1H3. The molecule has 1 heterocycles. The molecule has 0 spiro atoms. The molecule has 0 saturated heterocycles. The Morgan fingerprint density at radius 1 is 1.18 bits per heavy atom. The predicted molar refractivity (Wildman–Crippen MR) is 72.8 cm³/mol. The van der Waals surface area contributed by atoms with Crippen LogP contribution in [0.2, 0.25) is 0 Å². The van der Waals surface area contributed by atoms with E-state index in [-0.39, 0.29) is 5.78 Å². The molecule has 1 nitrogen and oxygen atoms in total. The van der Waals surface area contributed by atoms with Gasteiger partial charge in [-0.05, 0) is 24.3 Å². The topological polar surface area (TPSA) is 17.1 Å². The number of hydrogen-bond donors (Lipinski definition) is 0. The number of carbonyl (C=O) groups is 1. The van der Waals surface area contributed by atoms with Crippen LogP contribution in [-0.4, -0.2) is 5.78 Å². The molecule has 0 aliphatic heterocycles. The third kappa shape index (κ3) is 2.83. The quantitative estimate of drug-likeness (QED) is 0.716. The number of unbranched alkanes of at least 4 members (excludes halogenated alkanes) is 1. The summed E-state index contributed by atoms with van der Waals surface area (Å²) in [6.07, 6.45) is 3.33. The fourth-order valence-electron chi connectivity index (χ4n) is 1.82. The van der Waals surface area contributed by atoms with Gasteiger partial charge in [-0.25, -0.2) is 0 Å². The van der Waals surface area contributed by atoms with Gasteiger partial charge in [0, 0.05) is 16.0 Å². The van der Waals surface area contributed by atoms with E-state index in [4.69, 9.17) is 0 Å². The minimum atomic E-state index is 0.151. The molecule has 88 valence electrons. The molecule has 2 heteroatoms. The highest BCUT2D eigenvalue weighted by atomic mass is 32.1. The maximum absolute atomic E-state index is 12.3. The number of ketones is 1. The number of rotatable bonds is 5. The second kappa shape index (κ2) is 5.78. The third-order valence-electron chi connectivity index (χ3n) is 2.78. The van der Waals surface area contributed by atoms with E-state index in [1.807, 2.05) is 41.8 Å². The molecular formula is C15H16OS. The average molecular weight is 244 g/mol. The second-order valence-electron chi connectivity index (χ2n) is 4.06. The zero-order valence-corrected chi connectivity index (χ0v) is 10.8. The summed E-state index contributed by atoms with van der Waals surface area (Å²) in [7, 11) is 0. The van der Waals surface area contributed by atoms with Crippen molar-refractivity contribution >= 4 is 17.1 Å². The molecule has 0 unspecified atom stereocenters. The zero-order chi connectivity index (χ0) is 12.1. The molecule has 0 radical (unpaired) electrons. The van der Waals surface area contributed by atoms with Gasteiger partial charge in [-0.3, -0.25) is 4.79 Å². The summed E-state index contributed by atoms with van der Waals surface area (Å²) >= 11 is 1.69. The zero-order valence-electron chi connectivity index (χ0n) is 9.98. The summed E-state index contributed by atoms with van der Waals surface area (Å²) in [6, 6.07) is 11.5. The smallest absolute Gasteiger partial charge is 0.194 e. The number of carbonyl (C=O) groups excluding carboxylic acids is 1. The number of aryl methyl sites for hydroxylation is 1. The van der Waals surface area contributed by atoms with Crippen LogP contribution in [0.4, 0.5) is 0 Å². The molecule has 2 rings (SSSR count). The van der Waals surface area contributed by atoms with Gasteiger partial charge in [0.15, 0.2) is 5.78 Å². The van der Waals surface area contributed by atoms with Crippen molar-refractivity contribution in [1.82, 2.24) is 0 Å². The summed E-state index contributed by atoms with van der Waals surface area (Å²) < 4.78 is 0. The summed E-state index contributed by atoms with van der Waals surface area (Å²) in [6.45, 7) is 2.17. The van der Waals surface area contributed by atoms with Crippen LogP contribution >= 0.6 is 11.3 Å². The molecule has 0 aliphatic rings. The Bertz CT molecular complexity index is 485. The van der Waals surface area contributed by atoms with E-state index in [0.717, 1.165) is 30.4 Å². The Morgan fingerprint density at radius 3 is 2.65 bits per heavy atom. The minimum Gasteiger partial charge on any atom is -0.289 e. The van der Waals surface area contributed by atoms with Crippen LogP contribution in [-0.2, 0) is 6.42 Å². The number of hydrogen-bond acceptors (Lipinski definition) is 2. The van der Waals surface area contributed by atoms with Gasteiger partial charge in [-0.15, -0.1) is 11.3 Å². The van der Waals surface area contributed by atoms with Crippen molar-refractivity contribution in [3.05, 3.63) is 57.8 Å². The Morgan fingerprint density at radius 2 is 1.94 bits per heavy atom. The van der Waals surface area contributed by atoms with Gasteiger partial charge in [0.2, 0.25) is 0 Å². The first-order chi connectivity index (χ1) is 8.33. The first-order valence-electron chi connectivity index (χ1n) is 5.99. The fourth-order valence-corrected chi connectivity index (χ4v) is 2.74. The van der Waals surface area contributed by atoms with Gasteiger partial charge < -0.3 is 0 Å². The molecule has 0 aliphatic carbocycles. The van der Waals surface area contributed by atoms with Gasteiger partial charge in [-0.2, -0.15) is 0 Å². The molecule has 0 amide bonds. The second-order valence-corrected chi connectivity index (χ2v) is 5.06. The SMILES string of the molecule is CCCCc1sccc1C(=O)c1ccccc1. The monoisotopic (exact) mass is 244 g/mol. The molecule has 1 aromatic heterocycles. The molecular weight excluding hydrogens is 228 g/mol. The van der Waals surface area contributed by atoms with E-state index < -0.39 is 0 Å². The van der Waals surface area contributed by atoms with Crippen molar-refractivity contribution in [3.8, 4) is 0 Å². The van der Waals surface area contributed by atoms with Crippen molar-refractivity contribution in [2.24, 2.45) is 0 Å². The summed E-state index contributed by atoms with van der Waals surface area (Å²) in [5.41, 5.74) is 1.67. The Balaban J connectivity index is 2.23. The largest absolute Gasteiger partial charge is 0.289 e. The van der Waals surface area contributed by atoms with Gasteiger partial charge in [0.25, 0.3) is 0 Å². The van der Waals surface area contributed by atoms with Crippen molar-refractivity contribution in [3.63, 3.8) is 0 Å². The fraction of sp³-hybridized carbons (Fsp3) is 0.267. The molecule has 0 N–H and O–H groups in total. The predicted octanol–water partition coefficient (Wildman–Crippen LogP) is 4.32. The Hall–Kier alpha value is -1.41. The van der Waals surface area contributed by atoms with E-state index >= 15 is 0 Å². The van der Waals surface area contributed by atoms with Crippen molar-refractivity contribution in [2.45, 2.75) is 26.2 Å². The molecule has 1 aromatic carbocycles. The third-order valence-corrected chi connectivity index (χ3v) is 3.76. The first kappa shape index (κ1) is 12.1. The van der Waals surface area contributed by atoms with Crippen LogP contribution in [0.3, 0.4) is 0 Å². The van der Waals surface area contributed by atoms with Gasteiger partial charge >= 0.3 is 0 Å². The molecule has 17 heavy (non-hydrogen) atoms. The van der Waals surface area contributed by atoms with Crippen molar-refractivity contribution in [2.75, 3.05) is 0 Å². The number of thiophene rings is 1. The lowest BCUT2D eigenvalue weighted by Gasteiger charge is -2.02. The highest BCUT2D eigenvalue weighted by Crippen LogP contribution is 2.22. The van der Waals surface area contributed by atoms with E-state index in [1.165, 1.54) is 4.88 Å². The summed E-state index contributed by atoms with van der Waals surface area (Å²) in [5.74, 6) is 0.151. The van der Waals surface area contributed by atoms with Gasteiger partial charge in [0.05, 0.1) is 0 Å². The molecule has 0 atom stereocenters. The van der Waals surface area contributed by atoms with E-state index in [9.17, 15) is 4.79 Å². The molecule has 0 fully saturated rings. The lowest BCUT2D eigenvalue weighted by atomic mass is 10.0. The van der Waals surface area contributed by atoms with Crippen LogP contribution in [0, 0.1) is 0 Å². The van der Waals surface area contributed by atoms with Crippen LogP contribution in [0.5, 0.6) is 0 Å². The maximum Gasteiger partial charge on any atom is 0.194 e. The van der Waals surface area contributed by atoms with Crippen LogP contribution < -0.4 is 0 Å². The lowest BCUT2D eigenvalue weighted by molar-refractivity contribution is 0.103. The van der Waals surface area contributed by atoms with Crippen LogP contribution in [0.25, 0.3) is 0 Å². The van der Waals surface area contributed by atoms with Gasteiger partial charge in [-0.1, -0.05) is 43.7 Å². The normalized spacial score (nSPS) is 10.4. The highest BCUT2D eigenvalue weighted by molar-refractivity contribution is 7.10. The van der Waals surface area contributed by atoms with Crippen molar-refractivity contribution < 1.29 is 4.79 Å². The lowest BCUT2D eigenvalue weighted by Crippen LogP contribution is -2.02. The average Bonchev–Trinajstić information content (AvgIpc) is 2.84. The Labute approximate surface area is 106 Å². The first-order valence-corrected chi connectivity index (χ1v) is 6.87. The minimum absolute atomic E-state index is 0.151. The highest BCUT2D eigenvalue weighted by Gasteiger charge is 2.13. The van der Waals surface area contributed by atoms with Crippen molar-refractivity contribution in [1.29, 1.82) is 0 Å². The molecule has 0 saturated carbocycles. The van der Waals surface area contributed by atoms with E-state index in [1.54, 1.807) is 11.3 Å². The Kier molecular flexibility index (Phi) is 4.10. The van der Waals surface area contributed by atoms with E-state index in [0.29, 0.717) is 0 Å². The van der Waals surface area contributed by atoms with Crippen LogP contribution in [0.1, 0.15) is 40.6 Å².